The maximum atomic E-state index is 12.7. The van der Waals surface area contributed by atoms with E-state index in [1.165, 1.54) is 9.25 Å². The lowest BCUT2D eigenvalue weighted by Gasteiger charge is -2.33. The van der Waals surface area contributed by atoms with Crippen molar-refractivity contribution in [2.45, 2.75) is 38.1 Å². The summed E-state index contributed by atoms with van der Waals surface area (Å²) in [4.78, 5) is 49.2. The van der Waals surface area contributed by atoms with Crippen LogP contribution in [0, 0.1) is 5.92 Å². The Hall–Kier alpha value is -3.23. The summed E-state index contributed by atoms with van der Waals surface area (Å²) in [5.41, 5.74) is 1.49. The zero-order valence-electron chi connectivity index (χ0n) is 16.9. The number of carbonyl (C=O) groups excluding carboxylic acids is 3. The second-order valence-electron chi connectivity index (χ2n) is 7.96. The molecule has 0 aliphatic carbocycles. The Morgan fingerprint density at radius 3 is 2.43 bits per heavy atom. The van der Waals surface area contributed by atoms with Crippen LogP contribution in [0.1, 0.15) is 38.1 Å². The van der Waals surface area contributed by atoms with E-state index in [9.17, 15) is 19.2 Å². The average molecular weight is 411 g/mol. The second kappa shape index (κ2) is 8.25. The quantitative estimate of drug-likeness (QED) is 0.582. The number of benzene rings is 1. The molecule has 3 heterocycles. The molecule has 1 aromatic heterocycles. The van der Waals surface area contributed by atoms with Crippen molar-refractivity contribution < 1.29 is 14.4 Å². The van der Waals surface area contributed by atoms with E-state index in [-0.39, 0.29) is 24.4 Å². The topological polar surface area (TPSA) is 106 Å². The van der Waals surface area contributed by atoms with Crippen molar-refractivity contribution in [2.75, 3.05) is 18.0 Å². The lowest BCUT2D eigenvalue weighted by Crippen LogP contribution is -2.44. The Balaban J connectivity index is 1.52. The van der Waals surface area contributed by atoms with E-state index in [1.807, 2.05) is 24.3 Å². The molecule has 2 fully saturated rings. The SMILES string of the molecule is Cn1c(-c2ccc(N3CCC(CC=O)CC3)cc2)nn(C2CCC(=O)NC2=O)c1=O. The molecule has 2 aliphatic heterocycles. The van der Waals surface area contributed by atoms with Crippen LogP contribution in [0.15, 0.2) is 29.1 Å². The Morgan fingerprint density at radius 2 is 1.80 bits per heavy atom. The van der Waals surface area contributed by atoms with Crippen molar-refractivity contribution >= 4 is 23.8 Å². The molecule has 1 atom stereocenters. The highest BCUT2D eigenvalue weighted by molar-refractivity contribution is 5.99. The fourth-order valence-corrected chi connectivity index (χ4v) is 4.21. The third-order valence-corrected chi connectivity index (χ3v) is 6.04. The predicted octanol–water partition coefficient (Wildman–Crippen LogP) is 1.03. The van der Waals surface area contributed by atoms with Crippen molar-refractivity contribution in [3.05, 3.63) is 34.7 Å². The molecule has 158 valence electrons. The molecule has 1 N–H and O–H groups in total. The van der Waals surface area contributed by atoms with Gasteiger partial charge in [-0.3, -0.25) is 19.5 Å². The number of aldehydes is 1. The number of anilines is 1. The van der Waals surface area contributed by atoms with Gasteiger partial charge in [0.05, 0.1) is 0 Å². The smallest absolute Gasteiger partial charge is 0.346 e. The Labute approximate surface area is 173 Å². The van der Waals surface area contributed by atoms with Gasteiger partial charge in [0.2, 0.25) is 5.91 Å². The second-order valence-corrected chi connectivity index (χ2v) is 7.96. The first-order chi connectivity index (χ1) is 14.5. The first-order valence-electron chi connectivity index (χ1n) is 10.3. The minimum absolute atomic E-state index is 0.187. The number of amides is 2. The van der Waals surface area contributed by atoms with Crippen LogP contribution in [0.2, 0.25) is 0 Å². The summed E-state index contributed by atoms with van der Waals surface area (Å²) >= 11 is 0. The molecule has 0 radical (unpaired) electrons. The molecule has 4 rings (SSSR count). The van der Waals surface area contributed by atoms with E-state index in [1.54, 1.807) is 7.05 Å². The van der Waals surface area contributed by atoms with Crippen molar-refractivity contribution in [1.29, 1.82) is 0 Å². The first-order valence-corrected chi connectivity index (χ1v) is 10.3. The Bertz CT molecular complexity index is 1020. The summed E-state index contributed by atoms with van der Waals surface area (Å²) < 4.78 is 2.59. The molecule has 2 aliphatic rings. The third kappa shape index (κ3) is 3.79. The summed E-state index contributed by atoms with van der Waals surface area (Å²) in [5, 5.41) is 6.67. The molecule has 9 heteroatoms. The average Bonchev–Trinajstić information content (AvgIpc) is 3.04. The lowest BCUT2D eigenvalue weighted by molar-refractivity contribution is -0.136. The van der Waals surface area contributed by atoms with Gasteiger partial charge in [-0.25, -0.2) is 9.48 Å². The minimum atomic E-state index is -0.776. The highest BCUT2D eigenvalue weighted by Crippen LogP contribution is 2.27. The normalized spacial score (nSPS) is 20.3. The number of hydrogen-bond acceptors (Lipinski definition) is 6. The highest BCUT2D eigenvalue weighted by Gasteiger charge is 2.31. The van der Waals surface area contributed by atoms with E-state index in [0.29, 0.717) is 18.2 Å². The van der Waals surface area contributed by atoms with Gasteiger partial charge in [-0.15, -0.1) is 5.10 Å². The van der Waals surface area contributed by atoms with Gasteiger partial charge in [-0.1, -0.05) is 0 Å². The largest absolute Gasteiger partial charge is 0.372 e. The number of nitrogens with one attached hydrogen (secondary N) is 1. The molecule has 30 heavy (non-hydrogen) atoms. The van der Waals surface area contributed by atoms with Crippen LogP contribution >= 0.6 is 0 Å². The molecule has 0 saturated carbocycles. The number of nitrogens with zero attached hydrogens (tertiary/aromatic N) is 4. The summed E-state index contributed by atoms with van der Waals surface area (Å²) in [6.45, 7) is 1.83. The van der Waals surface area contributed by atoms with Crippen LogP contribution in [0.3, 0.4) is 0 Å². The number of imide groups is 1. The first kappa shape index (κ1) is 20.1. The third-order valence-electron chi connectivity index (χ3n) is 6.04. The number of carbonyl (C=O) groups is 3. The number of rotatable bonds is 5. The fourth-order valence-electron chi connectivity index (χ4n) is 4.21. The molecule has 1 aromatic carbocycles. The molecule has 1 unspecified atom stereocenters. The zero-order chi connectivity index (χ0) is 21.3. The van der Waals surface area contributed by atoms with Crippen LogP contribution in [0.4, 0.5) is 5.69 Å². The molecule has 2 aromatic rings. The Morgan fingerprint density at radius 1 is 1.10 bits per heavy atom. The monoisotopic (exact) mass is 411 g/mol. The van der Waals surface area contributed by atoms with Crippen molar-refractivity contribution in [3.8, 4) is 11.4 Å². The fraction of sp³-hybridized carbons (Fsp3) is 0.476. The zero-order valence-corrected chi connectivity index (χ0v) is 16.9. The molecule has 0 spiro atoms. The maximum absolute atomic E-state index is 12.7. The van der Waals surface area contributed by atoms with Gasteiger partial charge in [0.15, 0.2) is 5.82 Å². The van der Waals surface area contributed by atoms with Crippen LogP contribution in [-0.2, 0) is 21.4 Å². The van der Waals surface area contributed by atoms with Crippen molar-refractivity contribution in [3.63, 3.8) is 0 Å². The maximum Gasteiger partial charge on any atom is 0.346 e. The summed E-state index contributed by atoms with van der Waals surface area (Å²) in [6.07, 6.45) is 4.10. The standard InChI is InChI=1S/C21H25N5O4/c1-24-19(23-26(21(24)30)17-6-7-18(28)22-20(17)29)15-2-4-16(5-3-15)25-11-8-14(9-12-25)10-13-27/h2-5,13-14,17H,6-12H2,1H3,(H,22,28,29). The van der Waals surface area contributed by atoms with Gasteiger partial charge in [0.1, 0.15) is 12.3 Å². The minimum Gasteiger partial charge on any atom is -0.372 e. The molecule has 2 amide bonds. The molecular weight excluding hydrogens is 386 g/mol. The number of piperidine rings is 2. The van der Waals surface area contributed by atoms with Crippen LogP contribution < -0.4 is 15.9 Å². The van der Waals surface area contributed by atoms with Crippen LogP contribution in [0.5, 0.6) is 0 Å². The highest BCUT2D eigenvalue weighted by atomic mass is 16.2. The van der Waals surface area contributed by atoms with Gasteiger partial charge in [0, 0.05) is 44.2 Å². The van der Waals surface area contributed by atoms with Gasteiger partial charge >= 0.3 is 5.69 Å². The predicted molar refractivity (Wildman–Crippen MR) is 110 cm³/mol. The van der Waals surface area contributed by atoms with E-state index < -0.39 is 11.9 Å². The molecule has 2 saturated heterocycles. The number of hydrogen-bond donors (Lipinski definition) is 1. The van der Waals surface area contributed by atoms with E-state index in [4.69, 9.17) is 0 Å². The summed E-state index contributed by atoms with van der Waals surface area (Å²) in [6, 6.07) is 7.07. The summed E-state index contributed by atoms with van der Waals surface area (Å²) in [7, 11) is 1.62. The van der Waals surface area contributed by atoms with E-state index in [2.05, 4.69) is 15.3 Å². The van der Waals surface area contributed by atoms with Crippen LogP contribution in [0.25, 0.3) is 11.4 Å². The molecular formula is C21H25N5O4. The van der Waals surface area contributed by atoms with Gasteiger partial charge in [-0.2, -0.15) is 0 Å². The molecule has 9 nitrogen and oxygen atoms in total. The van der Waals surface area contributed by atoms with E-state index in [0.717, 1.165) is 43.5 Å². The van der Waals surface area contributed by atoms with Gasteiger partial charge < -0.3 is 9.69 Å². The summed E-state index contributed by atoms with van der Waals surface area (Å²) in [5.74, 6) is 0.127. The van der Waals surface area contributed by atoms with E-state index >= 15 is 0 Å². The molecule has 0 bridgehead atoms. The lowest BCUT2D eigenvalue weighted by atomic mass is 9.94. The Kier molecular flexibility index (Phi) is 5.52. The van der Waals surface area contributed by atoms with Gasteiger partial charge in [-0.05, 0) is 49.4 Å². The number of aromatic nitrogens is 3. The van der Waals surface area contributed by atoms with Crippen LogP contribution in [-0.4, -0.2) is 45.5 Å². The van der Waals surface area contributed by atoms with Crippen molar-refractivity contribution in [1.82, 2.24) is 19.7 Å². The van der Waals surface area contributed by atoms with Crippen molar-refractivity contribution in [2.24, 2.45) is 13.0 Å². The van der Waals surface area contributed by atoms with Gasteiger partial charge in [0.25, 0.3) is 5.91 Å².